The third-order valence-electron chi connectivity index (χ3n) is 6.38. The van der Waals surface area contributed by atoms with E-state index in [1.165, 1.54) is 18.3 Å². The van der Waals surface area contributed by atoms with Crippen LogP contribution in [0.25, 0.3) is 22.3 Å². The molecule has 0 unspecified atom stereocenters. The topological polar surface area (TPSA) is 26.3 Å². The zero-order valence-corrected chi connectivity index (χ0v) is 19.1. The Morgan fingerprint density at radius 1 is 0.559 bits per heavy atom. The highest BCUT2D eigenvalue weighted by atomic mass is 16.5. The van der Waals surface area contributed by atoms with Gasteiger partial charge in [-0.05, 0) is 44.5 Å². The van der Waals surface area contributed by atoms with Crippen LogP contribution in [0.1, 0.15) is 28.7 Å². The summed E-state index contributed by atoms with van der Waals surface area (Å²) in [7, 11) is 1.46. The van der Waals surface area contributed by atoms with Crippen molar-refractivity contribution < 1.29 is 9.53 Å². The Hall–Kier alpha value is -4.17. The van der Waals surface area contributed by atoms with Crippen molar-refractivity contribution in [3.05, 3.63) is 144 Å². The summed E-state index contributed by atoms with van der Waals surface area (Å²) in [5, 5.41) is 0. The molecule has 5 rings (SSSR count). The molecule has 1 aliphatic carbocycles. The van der Waals surface area contributed by atoms with Gasteiger partial charge in [-0.3, -0.25) is 4.79 Å². The molecule has 0 N–H and O–H groups in total. The van der Waals surface area contributed by atoms with Gasteiger partial charge in [-0.1, -0.05) is 121 Å². The molecule has 4 aromatic carbocycles. The third-order valence-corrected chi connectivity index (χ3v) is 6.38. The van der Waals surface area contributed by atoms with Gasteiger partial charge in [0.05, 0.1) is 13.5 Å². The van der Waals surface area contributed by atoms with Crippen LogP contribution < -0.4 is 0 Å². The first-order chi connectivity index (χ1) is 16.8. The fourth-order valence-electron chi connectivity index (χ4n) is 4.95. The van der Waals surface area contributed by atoms with E-state index in [0.29, 0.717) is 0 Å². The molecule has 34 heavy (non-hydrogen) atoms. The predicted molar refractivity (Wildman–Crippen MR) is 140 cm³/mol. The standard InChI is InChI=1S/C32H26O2/c1-34-28(33)22-27-29(23-14-6-2-7-15-23)31(25-18-10-4-11-19-25)32(26-20-12-5-13-21-26)30(27)24-16-8-3-9-17-24/h2-21,27H,22H2,1H3. The molecule has 2 heteroatoms. The molecule has 0 saturated heterocycles. The lowest BCUT2D eigenvalue weighted by Gasteiger charge is -2.20. The van der Waals surface area contributed by atoms with Gasteiger partial charge < -0.3 is 4.74 Å². The van der Waals surface area contributed by atoms with Crippen LogP contribution in [0.2, 0.25) is 0 Å². The van der Waals surface area contributed by atoms with Crippen LogP contribution in [-0.2, 0) is 9.53 Å². The number of carbonyl (C=O) groups is 1. The lowest BCUT2D eigenvalue weighted by atomic mass is 9.83. The van der Waals surface area contributed by atoms with E-state index in [2.05, 4.69) is 97.1 Å². The van der Waals surface area contributed by atoms with Crippen molar-refractivity contribution in [3.8, 4) is 0 Å². The normalized spacial score (nSPS) is 13.9. The van der Waals surface area contributed by atoms with Gasteiger partial charge in [-0.2, -0.15) is 0 Å². The van der Waals surface area contributed by atoms with Crippen molar-refractivity contribution in [2.45, 2.75) is 6.42 Å². The fraction of sp³-hybridized carbons (Fsp3) is 0.0938. The van der Waals surface area contributed by atoms with Gasteiger partial charge in [0, 0.05) is 5.92 Å². The Morgan fingerprint density at radius 2 is 0.882 bits per heavy atom. The third kappa shape index (κ3) is 4.11. The van der Waals surface area contributed by atoms with Crippen LogP contribution in [-0.4, -0.2) is 13.1 Å². The lowest BCUT2D eigenvalue weighted by molar-refractivity contribution is -0.140. The van der Waals surface area contributed by atoms with Gasteiger partial charge in [0.25, 0.3) is 0 Å². The minimum absolute atomic E-state index is 0.136. The summed E-state index contributed by atoms with van der Waals surface area (Å²) in [5.74, 6) is -0.351. The fourth-order valence-corrected chi connectivity index (χ4v) is 4.95. The highest BCUT2D eigenvalue weighted by Crippen LogP contribution is 2.55. The second-order valence-corrected chi connectivity index (χ2v) is 8.37. The molecular formula is C32H26O2. The smallest absolute Gasteiger partial charge is 0.306 e. The number of esters is 1. The number of benzene rings is 4. The molecule has 0 saturated carbocycles. The van der Waals surface area contributed by atoms with Gasteiger partial charge in [-0.15, -0.1) is 0 Å². The molecule has 2 nitrogen and oxygen atoms in total. The SMILES string of the molecule is COC(=O)CC1C(c2ccccc2)=C(c2ccccc2)C(c2ccccc2)=C1c1ccccc1. The number of hydrogen-bond donors (Lipinski definition) is 0. The summed E-state index contributed by atoms with van der Waals surface area (Å²) < 4.78 is 5.18. The van der Waals surface area contributed by atoms with E-state index < -0.39 is 0 Å². The molecule has 166 valence electrons. The van der Waals surface area contributed by atoms with E-state index in [-0.39, 0.29) is 18.3 Å². The van der Waals surface area contributed by atoms with E-state index in [0.717, 1.165) is 33.4 Å². The largest absolute Gasteiger partial charge is 0.469 e. The molecule has 0 fully saturated rings. The quantitative estimate of drug-likeness (QED) is 0.291. The van der Waals surface area contributed by atoms with E-state index in [9.17, 15) is 4.79 Å². The van der Waals surface area contributed by atoms with Crippen molar-refractivity contribution in [3.63, 3.8) is 0 Å². The minimum atomic E-state index is -0.214. The van der Waals surface area contributed by atoms with Crippen LogP contribution in [0.5, 0.6) is 0 Å². The van der Waals surface area contributed by atoms with Crippen LogP contribution in [0.3, 0.4) is 0 Å². The van der Waals surface area contributed by atoms with E-state index in [1.54, 1.807) is 0 Å². The number of carbonyl (C=O) groups excluding carboxylic acids is 1. The van der Waals surface area contributed by atoms with Gasteiger partial charge >= 0.3 is 5.97 Å². The molecular weight excluding hydrogens is 416 g/mol. The van der Waals surface area contributed by atoms with Crippen molar-refractivity contribution in [1.29, 1.82) is 0 Å². The number of ether oxygens (including phenoxy) is 1. The van der Waals surface area contributed by atoms with Crippen molar-refractivity contribution in [2.75, 3.05) is 7.11 Å². The first-order valence-electron chi connectivity index (χ1n) is 11.5. The predicted octanol–water partition coefficient (Wildman–Crippen LogP) is 7.40. The summed E-state index contributed by atoms with van der Waals surface area (Å²) in [5.41, 5.74) is 9.19. The Bertz CT molecular complexity index is 1240. The molecule has 4 aromatic rings. The first-order valence-corrected chi connectivity index (χ1v) is 11.5. The first kappa shape index (κ1) is 21.7. The highest BCUT2D eigenvalue weighted by Gasteiger charge is 2.37. The summed E-state index contributed by atoms with van der Waals surface area (Å²) in [6, 6.07) is 41.8. The Kier molecular flexibility index (Phi) is 6.22. The maximum Gasteiger partial charge on any atom is 0.306 e. The minimum Gasteiger partial charge on any atom is -0.469 e. The van der Waals surface area contributed by atoms with Gasteiger partial charge in [0.1, 0.15) is 0 Å². The molecule has 0 aliphatic heterocycles. The number of allylic oxidation sites excluding steroid dienone is 4. The van der Waals surface area contributed by atoms with Crippen LogP contribution in [0.4, 0.5) is 0 Å². The second kappa shape index (κ2) is 9.76. The average Bonchev–Trinajstić information content (AvgIpc) is 3.25. The second-order valence-electron chi connectivity index (χ2n) is 8.37. The van der Waals surface area contributed by atoms with Crippen molar-refractivity contribution in [2.24, 2.45) is 5.92 Å². The zero-order chi connectivity index (χ0) is 23.3. The molecule has 0 spiro atoms. The molecule has 0 heterocycles. The molecule has 0 bridgehead atoms. The summed E-state index contributed by atoms with van der Waals surface area (Å²) >= 11 is 0. The van der Waals surface area contributed by atoms with Crippen LogP contribution in [0.15, 0.2) is 121 Å². The van der Waals surface area contributed by atoms with Crippen LogP contribution >= 0.6 is 0 Å². The zero-order valence-electron chi connectivity index (χ0n) is 19.1. The molecule has 0 amide bonds. The Balaban J connectivity index is 1.89. The number of methoxy groups -OCH3 is 1. The number of hydrogen-bond acceptors (Lipinski definition) is 2. The lowest BCUT2D eigenvalue weighted by Crippen LogP contribution is -2.12. The summed E-state index contributed by atoms with van der Waals surface area (Å²) in [6.45, 7) is 0. The monoisotopic (exact) mass is 442 g/mol. The molecule has 1 aliphatic rings. The number of rotatable bonds is 6. The van der Waals surface area contributed by atoms with Crippen molar-refractivity contribution >= 4 is 28.3 Å². The van der Waals surface area contributed by atoms with Crippen LogP contribution in [0, 0.1) is 5.92 Å². The Labute approximate surface area is 200 Å². The molecule has 0 atom stereocenters. The van der Waals surface area contributed by atoms with E-state index >= 15 is 0 Å². The molecule has 0 radical (unpaired) electrons. The van der Waals surface area contributed by atoms with E-state index in [1.807, 2.05) is 24.3 Å². The Morgan fingerprint density at radius 3 is 1.21 bits per heavy atom. The van der Waals surface area contributed by atoms with Crippen molar-refractivity contribution in [1.82, 2.24) is 0 Å². The maximum atomic E-state index is 12.7. The highest BCUT2D eigenvalue weighted by molar-refractivity contribution is 6.28. The van der Waals surface area contributed by atoms with E-state index in [4.69, 9.17) is 4.74 Å². The van der Waals surface area contributed by atoms with Gasteiger partial charge in [0.15, 0.2) is 0 Å². The summed E-state index contributed by atoms with van der Waals surface area (Å²) in [4.78, 5) is 12.7. The maximum absolute atomic E-state index is 12.7. The average molecular weight is 443 g/mol. The van der Waals surface area contributed by atoms with Gasteiger partial charge in [-0.25, -0.2) is 0 Å². The molecule has 0 aromatic heterocycles. The summed E-state index contributed by atoms with van der Waals surface area (Å²) in [6.07, 6.45) is 0.275. The van der Waals surface area contributed by atoms with Gasteiger partial charge in [0.2, 0.25) is 0 Å².